The van der Waals surface area contributed by atoms with Gasteiger partial charge in [-0.15, -0.1) is 0 Å². The van der Waals surface area contributed by atoms with E-state index in [4.69, 9.17) is 16.3 Å². The number of rotatable bonds is 8. The molecule has 4 heteroatoms. The second kappa shape index (κ2) is 9.09. The van der Waals surface area contributed by atoms with Crippen molar-refractivity contribution in [2.75, 3.05) is 6.54 Å². The molecule has 128 valence electrons. The number of nitrogens with one attached hydrogen (secondary N) is 1. The van der Waals surface area contributed by atoms with Crippen molar-refractivity contribution in [1.82, 2.24) is 5.32 Å². The summed E-state index contributed by atoms with van der Waals surface area (Å²) in [5, 5.41) is 3.92. The number of carbonyl (C=O) groups is 1. The molecule has 0 saturated carbocycles. The lowest BCUT2D eigenvalue weighted by Gasteiger charge is -2.24. The minimum Gasteiger partial charge on any atom is -0.459 e. The number of unbranched alkanes of at least 4 members (excludes halogenated alkanes) is 1. The number of carbonyl (C=O) groups excluding carboxylic acids is 1. The first-order chi connectivity index (χ1) is 10.7. The molecule has 3 nitrogen and oxygen atoms in total. The van der Waals surface area contributed by atoms with Crippen LogP contribution >= 0.6 is 11.6 Å². The van der Waals surface area contributed by atoms with Crippen molar-refractivity contribution in [3.63, 3.8) is 0 Å². The van der Waals surface area contributed by atoms with Crippen LogP contribution in [0.15, 0.2) is 36.4 Å². The minimum atomic E-state index is -0.488. The summed E-state index contributed by atoms with van der Waals surface area (Å²) in [4.78, 5) is 12.0. The fraction of sp³-hybridized carbons (Fsp3) is 0.526. The molecule has 0 saturated heterocycles. The summed E-state index contributed by atoms with van der Waals surface area (Å²) < 4.78 is 5.35. The van der Waals surface area contributed by atoms with Gasteiger partial charge < -0.3 is 4.74 Å². The molecule has 0 radical (unpaired) electrons. The molecular weight excluding hydrogens is 310 g/mol. The lowest BCUT2D eigenvalue weighted by atomic mass is 9.96. The highest BCUT2D eigenvalue weighted by atomic mass is 35.5. The summed E-state index contributed by atoms with van der Waals surface area (Å²) in [6.45, 7) is 12.0. The molecule has 1 unspecified atom stereocenters. The van der Waals surface area contributed by atoms with E-state index >= 15 is 0 Å². The number of hydrogen-bond acceptors (Lipinski definition) is 3. The SMILES string of the molecule is C=C(CCCC)C(NCC(=O)OC(C)(C)C)c1ccccc1Cl. The van der Waals surface area contributed by atoms with Crippen LogP contribution < -0.4 is 5.32 Å². The van der Waals surface area contributed by atoms with E-state index in [0.717, 1.165) is 30.4 Å². The molecule has 0 fully saturated rings. The molecule has 1 rings (SSSR count). The van der Waals surface area contributed by atoms with Crippen LogP contribution in [0.4, 0.5) is 0 Å². The normalized spacial score (nSPS) is 12.7. The first-order valence-electron chi connectivity index (χ1n) is 8.12. The molecule has 1 atom stereocenters. The maximum absolute atomic E-state index is 12.0. The molecule has 0 aliphatic heterocycles. The van der Waals surface area contributed by atoms with Crippen LogP contribution in [0.5, 0.6) is 0 Å². The molecule has 1 aromatic rings. The quantitative estimate of drug-likeness (QED) is 0.532. The van der Waals surface area contributed by atoms with Gasteiger partial charge in [-0.3, -0.25) is 10.1 Å². The first kappa shape index (κ1) is 19.7. The molecule has 0 heterocycles. The number of hydrogen-bond donors (Lipinski definition) is 1. The van der Waals surface area contributed by atoms with Gasteiger partial charge in [0, 0.05) is 5.02 Å². The summed E-state index contributed by atoms with van der Waals surface area (Å²) in [5.41, 5.74) is 1.49. The van der Waals surface area contributed by atoms with Crippen molar-refractivity contribution in [1.29, 1.82) is 0 Å². The van der Waals surface area contributed by atoms with Gasteiger partial charge in [-0.2, -0.15) is 0 Å². The predicted molar refractivity (Wildman–Crippen MR) is 96.7 cm³/mol. The Morgan fingerprint density at radius 1 is 1.35 bits per heavy atom. The number of ether oxygens (including phenoxy) is 1. The fourth-order valence-electron chi connectivity index (χ4n) is 2.29. The topological polar surface area (TPSA) is 38.3 Å². The van der Waals surface area contributed by atoms with Gasteiger partial charge in [-0.05, 0) is 45.2 Å². The van der Waals surface area contributed by atoms with E-state index in [1.54, 1.807) is 0 Å². The standard InChI is InChI=1S/C19H28ClNO2/c1-6-7-10-14(2)18(15-11-8-9-12-16(15)20)21-13-17(22)23-19(3,4)5/h8-9,11-12,18,21H,2,6-7,10,13H2,1,3-5H3. The van der Waals surface area contributed by atoms with Crippen molar-refractivity contribution in [3.8, 4) is 0 Å². The van der Waals surface area contributed by atoms with Gasteiger partial charge in [0.25, 0.3) is 0 Å². The van der Waals surface area contributed by atoms with Gasteiger partial charge in [0.05, 0.1) is 12.6 Å². The molecule has 1 N–H and O–H groups in total. The van der Waals surface area contributed by atoms with Gasteiger partial charge in [-0.1, -0.05) is 55.3 Å². The van der Waals surface area contributed by atoms with Gasteiger partial charge in [0.2, 0.25) is 0 Å². The van der Waals surface area contributed by atoms with Crippen LogP contribution in [0.3, 0.4) is 0 Å². The molecule has 0 aliphatic carbocycles. The number of halogens is 1. The average Bonchev–Trinajstić information content (AvgIpc) is 2.45. The molecule has 0 bridgehead atoms. The third kappa shape index (κ3) is 7.19. The second-order valence-corrected chi connectivity index (χ2v) is 7.09. The van der Waals surface area contributed by atoms with Crippen LogP contribution in [0, 0.1) is 0 Å². The summed E-state index contributed by atoms with van der Waals surface area (Å²) in [6, 6.07) is 7.50. The van der Waals surface area contributed by atoms with E-state index in [1.807, 2.05) is 45.0 Å². The second-order valence-electron chi connectivity index (χ2n) is 6.68. The van der Waals surface area contributed by atoms with E-state index < -0.39 is 5.60 Å². The maximum atomic E-state index is 12.0. The Balaban J connectivity index is 2.82. The van der Waals surface area contributed by atoms with Crippen molar-refractivity contribution in [2.24, 2.45) is 0 Å². The monoisotopic (exact) mass is 337 g/mol. The summed E-state index contributed by atoms with van der Waals surface area (Å²) in [5.74, 6) is -0.280. The molecule has 0 amide bonds. The Morgan fingerprint density at radius 2 is 2.00 bits per heavy atom. The Labute approximate surface area is 145 Å². The van der Waals surface area contributed by atoms with Crippen molar-refractivity contribution in [3.05, 3.63) is 47.0 Å². The highest BCUT2D eigenvalue weighted by molar-refractivity contribution is 6.31. The third-order valence-electron chi connectivity index (χ3n) is 3.35. The molecule has 0 spiro atoms. The smallest absolute Gasteiger partial charge is 0.320 e. The van der Waals surface area contributed by atoms with Gasteiger partial charge in [0.1, 0.15) is 5.60 Å². The zero-order chi connectivity index (χ0) is 17.5. The Hall–Kier alpha value is -1.32. The lowest BCUT2D eigenvalue weighted by molar-refractivity contribution is -0.153. The molecule has 1 aromatic carbocycles. The van der Waals surface area contributed by atoms with E-state index in [0.29, 0.717) is 5.02 Å². The Morgan fingerprint density at radius 3 is 2.57 bits per heavy atom. The molecule has 23 heavy (non-hydrogen) atoms. The zero-order valence-electron chi connectivity index (χ0n) is 14.6. The predicted octanol–water partition coefficient (Wildman–Crippen LogP) is 5.06. The van der Waals surface area contributed by atoms with E-state index in [9.17, 15) is 4.79 Å². The van der Waals surface area contributed by atoms with Crippen LogP contribution in [0.25, 0.3) is 0 Å². The average molecular weight is 338 g/mol. The van der Waals surface area contributed by atoms with Gasteiger partial charge in [0.15, 0.2) is 0 Å². The van der Waals surface area contributed by atoms with Crippen LogP contribution in [-0.4, -0.2) is 18.1 Å². The van der Waals surface area contributed by atoms with Gasteiger partial charge >= 0.3 is 5.97 Å². The first-order valence-corrected chi connectivity index (χ1v) is 8.49. The largest absolute Gasteiger partial charge is 0.459 e. The van der Waals surface area contributed by atoms with Crippen LogP contribution in [-0.2, 0) is 9.53 Å². The molecular formula is C19H28ClNO2. The van der Waals surface area contributed by atoms with Crippen molar-refractivity contribution < 1.29 is 9.53 Å². The van der Waals surface area contributed by atoms with E-state index in [-0.39, 0.29) is 18.6 Å². The van der Waals surface area contributed by atoms with Gasteiger partial charge in [-0.25, -0.2) is 0 Å². The highest BCUT2D eigenvalue weighted by Gasteiger charge is 2.21. The Kier molecular flexibility index (Phi) is 7.80. The zero-order valence-corrected chi connectivity index (χ0v) is 15.4. The minimum absolute atomic E-state index is 0.123. The summed E-state index contributed by atoms with van der Waals surface area (Å²) >= 11 is 6.32. The number of benzene rings is 1. The number of esters is 1. The van der Waals surface area contributed by atoms with Crippen molar-refractivity contribution >= 4 is 17.6 Å². The lowest BCUT2D eigenvalue weighted by Crippen LogP contribution is -2.34. The maximum Gasteiger partial charge on any atom is 0.320 e. The highest BCUT2D eigenvalue weighted by Crippen LogP contribution is 2.29. The van der Waals surface area contributed by atoms with E-state index in [1.165, 1.54) is 0 Å². The third-order valence-corrected chi connectivity index (χ3v) is 3.69. The Bertz CT molecular complexity index is 534. The molecule has 0 aliphatic rings. The van der Waals surface area contributed by atoms with Crippen LogP contribution in [0.2, 0.25) is 5.02 Å². The summed E-state index contributed by atoms with van der Waals surface area (Å²) in [7, 11) is 0. The van der Waals surface area contributed by atoms with Crippen molar-refractivity contribution in [2.45, 2.75) is 58.6 Å². The van der Waals surface area contributed by atoms with E-state index in [2.05, 4.69) is 18.8 Å². The summed E-state index contributed by atoms with van der Waals surface area (Å²) in [6.07, 6.45) is 3.06. The molecule has 0 aromatic heterocycles. The van der Waals surface area contributed by atoms with Crippen LogP contribution in [0.1, 0.15) is 58.6 Å². The fourth-order valence-corrected chi connectivity index (χ4v) is 2.54.